The van der Waals surface area contributed by atoms with Crippen LogP contribution in [0.4, 0.5) is 0 Å². The smallest absolute Gasteiger partial charge is 0.167 e. The highest BCUT2D eigenvalue weighted by Gasteiger charge is 2.09. The maximum atomic E-state index is 9.41. The van der Waals surface area contributed by atoms with Gasteiger partial charge in [-0.1, -0.05) is 42.0 Å². The molecule has 3 nitrogen and oxygen atoms in total. The minimum atomic E-state index is 0.585. The highest BCUT2D eigenvalue weighted by molar-refractivity contribution is 5.91. The van der Waals surface area contributed by atoms with Crippen LogP contribution >= 0.6 is 0 Å². The van der Waals surface area contributed by atoms with E-state index in [1.165, 1.54) is 0 Å². The van der Waals surface area contributed by atoms with Crippen LogP contribution in [0.2, 0.25) is 0 Å². The quantitative estimate of drug-likeness (QED) is 0.625. The molecule has 0 saturated carbocycles. The second-order valence-corrected chi connectivity index (χ2v) is 4.62. The Balaban J connectivity index is 2.50. The Labute approximate surface area is 125 Å². The number of para-hydroxylation sites is 1. The van der Waals surface area contributed by atoms with Crippen LogP contribution in [0.5, 0.6) is 11.5 Å². The molecule has 106 valence electrons. The first-order chi connectivity index (χ1) is 10.2. The third-order valence-electron chi connectivity index (χ3n) is 3.22. The number of benzene rings is 2. The average molecular weight is 279 g/mol. The van der Waals surface area contributed by atoms with Gasteiger partial charge in [-0.25, -0.2) is 0 Å². The van der Waals surface area contributed by atoms with Crippen molar-refractivity contribution in [2.45, 2.75) is 6.92 Å². The molecule has 0 amide bonds. The third-order valence-corrected chi connectivity index (χ3v) is 3.22. The van der Waals surface area contributed by atoms with Crippen molar-refractivity contribution in [1.82, 2.24) is 0 Å². The van der Waals surface area contributed by atoms with E-state index in [0.29, 0.717) is 17.1 Å². The van der Waals surface area contributed by atoms with Crippen LogP contribution in [-0.2, 0) is 0 Å². The van der Waals surface area contributed by atoms with Crippen LogP contribution in [0.1, 0.15) is 16.7 Å². The lowest BCUT2D eigenvalue weighted by Crippen LogP contribution is -1.93. The number of aryl methyl sites for hydroxylation is 1. The molecule has 0 spiro atoms. The van der Waals surface area contributed by atoms with E-state index >= 15 is 0 Å². The molecule has 0 heterocycles. The molecule has 0 atom stereocenters. The van der Waals surface area contributed by atoms with Gasteiger partial charge in [0.05, 0.1) is 25.9 Å². The Hall–Kier alpha value is -2.73. The number of rotatable bonds is 4. The lowest BCUT2D eigenvalue weighted by atomic mass is 10.0. The molecule has 0 aliphatic carbocycles. The van der Waals surface area contributed by atoms with Crippen molar-refractivity contribution in [2.24, 2.45) is 0 Å². The number of hydrogen-bond acceptors (Lipinski definition) is 3. The predicted molar refractivity (Wildman–Crippen MR) is 84.2 cm³/mol. The van der Waals surface area contributed by atoms with Crippen LogP contribution in [0.15, 0.2) is 42.5 Å². The normalized spacial score (nSPS) is 10.9. The number of methoxy groups -OCH3 is 2. The number of hydrogen-bond donors (Lipinski definition) is 0. The fourth-order valence-corrected chi connectivity index (χ4v) is 2.09. The molecule has 3 heteroatoms. The van der Waals surface area contributed by atoms with Crippen LogP contribution in [-0.4, -0.2) is 14.2 Å². The number of nitriles is 1. The van der Waals surface area contributed by atoms with Gasteiger partial charge in [-0.3, -0.25) is 0 Å². The fourth-order valence-electron chi connectivity index (χ4n) is 2.09. The van der Waals surface area contributed by atoms with E-state index in [-0.39, 0.29) is 0 Å². The van der Waals surface area contributed by atoms with Gasteiger partial charge in [0.1, 0.15) is 0 Å². The van der Waals surface area contributed by atoms with Gasteiger partial charge in [-0.15, -0.1) is 0 Å². The molecular formula is C18H17NO2. The molecule has 21 heavy (non-hydrogen) atoms. The summed E-state index contributed by atoms with van der Waals surface area (Å²) in [5.41, 5.74) is 3.44. The summed E-state index contributed by atoms with van der Waals surface area (Å²) in [6.07, 6.45) is 1.81. The van der Waals surface area contributed by atoms with E-state index in [1.807, 2.05) is 55.5 Å². The maximum absolute atomic E-state index is 9.41. The zero-order valence-corrected chi connectivity index (χ0v) is 12.4. The van der Waals surface area contributed by atoms with Crippen molar-refractivity contribution in [1.29, 1.82) is 5.26 Å². The Morgan fingerprint density at radius 3 is 2.33 bits per heavy atom. The van der Waals surface area contributed by atoms with E-state index in [2.05, 4.69) is 6.07 Å². The predicted octanol–water partition coefficient (Wildman–Crippen LogP) is 4.08. The van der Waals surface area contributed by atoms with Crippen LogP contribution in [0, 0.1) is 18.3 Å². The Morgan fingerprint density at radius 2 is 1.76 bits per heavy atom. The highest BCUT2D eigenvalue weighted by atomic mass is 16.5. The second kappa shape index (κ2) is 6.62. The molecule has 0 aliphatic rings. The summed E-state index contributed by atoms with van der Waals surface area (Å²) in [6.45, 7) is 2.02. The molecule has 0 radical (unpaired) electrons. The largest absolute Gasteiger partial charge is 0.493 e. The monoisotopic (exact) mass is 279 g/mol. The Kier molecular flexibility index (Phi) is 4.63. The molecule has 0 saturated heterocycles. The summed E-state index contributed by atoms with van der Waals surface area (Å²) in [5, 5.41) is 9.41. The lowest BCUT2D eigenvalue weighted by molar-refractivity contribution is 0.354. The van der Waals surface area contributed by atoms with E-state index in [0.717, 1.165) is 16.7 Å². The highest BCUT2D eigenvalue weighted by Crippen LogP contribution is 2.33. The van der Waals surface area contributed by atoms with Crippen molar-refractivity contribution in [3.05, 3.63) is 59.2 Å². The van der Waals surface area contributed by atoms with Gasteiger partial charge in [0.15, 0.2) is 11.5 Å². The van der Waals surface area contributed by atoms with Gasteiger partial charge < -0.3 is 9.47 Å². The lowest BCUT2D eigenvalue weighted by Gasteiger charge is -2.10. The van der Waals surface area contributed by atoms with Gasteiger partial charge in [0, 0.05) is 5.56 Å². The van der Waals surface area contributed by atoms with Gasteiger partial charge in [-0.05, 0) is 24.6 Å². The first-order valence-electron chi connectivity index (χ1n) is 6.59. The van der Waals surface area contributed by atoms with Crippen molar-refractivity contribution in [3.63, 3.8) is 0 Å². The SMILES string of the molecule is COc1cccc(/C=C(/C#N)c2ccc(C)cc2)c1OC. The van der Waals surface area contributed by atoms with Crippen LogP contribution in [0.3, 0.4) is 0 Å². The molecule has 0 aromatic heterocycles. The molecular weight excluding hydrogens is 262 g/mol. The topological polar surface area (TPSA) is 42.2 Å². The molecule has 2 rings (SSSR count). The zero-order chi connectivity index (χ0) is 15.2. The number of allylic oxidation sites excluding steroid dienone is 1. The van der Waals surface area contributed by atoms with E-state index in [4.69, 9.17) is 9.47 Å². The van der Waals surface area contributed by atoms with Crippen molar-refractivity contribution < 1.29 is 9.47 Å². The summed E-state index contributed by atoms with van der Waals surface area (Å²) in [6, 6.07) is 15.7. The molecule has 0 unspecified atom stereocenters. The molecule has 0 bridgehead atoms. The third kappa shape index (κ3) is 3.24. The minimum Gasteiger partial charge on any atom is -0.493 e. The summed E-state index contributed by atoms with van der Waals surface area (Å²) < 4.78 is 10.7. The zero-order valence-electron chi connectivity index (χ0n) is 12.4. The Bertz CT molecular complexity index is 694. The standard InChI is InChI=1S/C18H17NO2/c1-13-7-9-14(10-8-13)16(12-19)11-15-5-4-6-17(20-2)18(15)21-3/h4-11H,1-3H3/b16-11-. The van der Waals surface area contributed by atoms with Crippen LogP contribution in [0.25, 0.3) is 11.6 Å². The first-order valence-corrected chi connectivity index (χ1v) is 6.59. The average Bonchev–Trinajstić information content (AvgIpc) is 2.53. The summed E-state index contributed by atoms with van der Waals surface area (Å²) >= 11 is 0. The number of nitrogens with zero attached hydrogens (tertiary/aromatic N) is 1. The van der Waals surface area contributed by atoms with E-state index in [9.17, 15) is 5.26 Å². The summed E-state index contributed by atoms with van der Waals surface area (Å²) in [4.78, 5) is 0. The van der Waals surface area contributed by atoms with Gasteiger partial charge >= 0.3 is 0 Å². The summed E-state index contributed by atoms with van der Waals surface area (Å²) in [5.74, 6) is 1.27. The van der Waals surface area contributed by atoms with Gasteiger partial charge in [-0.2, -0.15) is 5.26 Å². The molecule has 2 aromatic carbocycles. The fraction of sp³-hybridized carbons (Fsp3) is 0.167. The van der Waals surface area contributed by atoms with Crippen LogP contribution < -0.4 is 9.47 Å². The van der Waals surface area contributed by atoms with Crippen molar-refractivity contribution >= 4 is 11.6 Å². The molecule has 0 fully saturated rings. The first kappa shape index (κ1) is 14.7. The number of ether oxygens (including phenoxy) is 2. The van der Waals surface area contributed by atoms with Gasteiger partial charge in [0.25, 0.3) is 0 Å². The molecule has 0 aliphatic heterocycles. The second-order valence-electron chi connectivity index (χ2n) is 4.62. The molecule has 0 N–H and O–H groups in total. The van der Waals surface area contributed by atoms with Crippen molar-refractivity contribution in [2.75, 3.05) is 14.2 Å². The maximum Gasteiger partial charge on any atom is 0.167 e. The van der Waals surface area contributed by atoms with Gasteiger partial charge in [0.2, 0.25) is 0 Å². The molecule has 2 aromatic rings. The van der Waals surface area contributed by atoms with E-state index < -0.39 is 0 Å². The Morgan fingerprint density at radius 1 is 1.05 bits per heavy atom. The minimum absolute atomic E-state index is 0.585. The van der Waals surface area contributed by atoms with E-state index in [1.54, 1.807) is 14.2 Å². The van der Waals surface area contributed by atoms with Crippen molar-refractivity contribution in [3.8, 4) is 17.6 Å². The summed E-state index contributed by atoms with van der Waals surface area (Å²) in [7, 11) is 3.18.